The minimum atomic E-state index is -0.753. The van der Waals surface area contributed by atoms with Crippen LogP contribution in [0.5, 0.6) is 0 Å². The van der Waals surface area contributed by atoms with Crippen LogP contribution in [-0.4, -0.2) is 10.7 Å². The van der Waals surface area contributed by atoms with Gasteiger partial charge in [-0.25, -0.2) is 0 Å². The molecule has 0 spiro atoms. The third-order valence-electron chi connectivity index (χ3n) is 5.54. The Balaban J connectivity index is 2.35. The van der Waals surface area contributed by atoms with Gasteiger partial charge in [-0.1, -0.05) is 13.8 Å². The van der Waals surface area contributed by atoms with Crippen LogP contribution < -0.4 is 5.73 Å². The highest BCUT2D eigenvalue weighted by Gasteiger charge is 2.44. The van der Waals surface area contributed by atoms with Crippen LogP contribution in [0.3, 0.4) is 0 Å². The van der Waals surface area contributed by atoms with E-state index in [0.29, 0.717) is 40.9 Å². The van der Waals surface area contributed by atoms with Crippen molar-refractivity contribution in [3.8, 4) is 6.07 Å². The average molecular weight is 381 g/mol. The van der Waals surface area contributed by atoms with Gasteiger partial charge in [0.25, 0.3) is 5.69 Å². The molecule has 0 aromatic heterocycles. The second kappa shape index (κ2) is 6.48. The summed E-state index contributed by atoms with van der Waals surface area (Å²) in [5.41, 5.74) is 8.61. The molecule has 1 aliphatic heterocycles. The SMILES string of the molecule is Cc1cc(C)c([N+](=O)[O-])c(C)c1C1C(C#N)=C(N)OC2=C1C(=O)CC(C)(C)C2. The van der Waals surface area contributed by atoms with Gasteiger partial charge < -0.3 is 10.5 Å². The fourth-order valence-corrected chi connectivity index (χ4v) is 4.49. The first kappa shape index (κ1) is 19.6. The van der Waals surface area contributed by atoms with Crippen molar-refractivity contribution in [1.82, 2.24) is 0 Å². The summed E-state index contributed by atoms with van der Waals surface area (Å²) in [4.78, 5) is 24.3. The molecule has 0 bridgehead atoms. The molecule has 0 radical (unpaired) electrons. The van der Waals surface area contributed by atoms with Crippen molar-refractivity contribution in [1.29, 1.82) is 5.26 Å². The van der Waals surface area contributed by atoms with E-state index in [1.54, 1.807) is 19.9 Å². The topological polar surface area (TPSA) is 119 Å². The fourth-order valence-electron chi connectivity index (χ4n) is 4.49. The molecule has 0 amide bonds. The molecule has 3 rings (SSSR count). The number of aryl methyl sites for hydroxylation is 2. The van der Waals surface area contributed by atoms with Crippen LogP contribution >= 0.6 is 0 Å². The molecule has 2 N–H and O–H groups in total. The number of nitro benzene ring substituents is 1. The average Bonchev–Trinajstić information content (AvgIpc) is 2.51. The monoisotopic (exact) mass is 381 g/mol. The highest BCUT2D eigenvalue weighted by Crippen LogP contribution is 2.50. The number of hydrogen-bond donors (Lipinski definition) is 1. The van der Waals surface area contributed by atoms with E-state index >= 15 is 0 Å². The lowest BCUT2D eigenvalue weighted by atomic mass is 9.69. The number of ketones is 1. The van der Waals surface area contributed by atoms with Gasteiger partial charge in [0, 0.05) is 29.5 Å². The van der Waals surface area contributed by atoms with Crippen molar-refractivity contribution in [2.45, 2.75) is 53.4 Å². The Labute approximate surface area is 163 Å². The van der Waals surface area contributed by atoms with Crippen LogP contribution in [0, 0.1) is 47.6 Å². The number of carbonyl (C=O) groups excluding carboxylic acids is 1. The van der Waals surface area contributed by atoms with Gasteiger partial charge in [-0.05, 0) is 43.4 Å². The molecule has 7 nitrogen and oxygen atoms in total. The van der Waals surface area contributed by atoms with Crippen LogP contribution in [-0.2, 0) is 9.53 Å². The van der Waals surface area contributed by atoms with Crippen molar-refractivity contribution in [2.75, 3.05) is 0 Å². The molecular formula is C21H23N3O4. The summed E-state index contributed by atoms with van der Waals surface area (Å²) in [5, 5.41) is 21.4. The number of nitriles is 1. The molecule has 1 aromatic rings. The summed E-state index contributed by atoms with van der Waals surface area (Å²) in [7, 11) is 0. The first-order valence-corrected chi connectivity index (χ1v) is 9.07. The standard InChI is InChI=1S/C21H23N3O4/c1-10-6-11(2)19(24(26)27)12(3)16(10)17-13(9-22)20(23)28-15-8-21(4,5)7-14(25)18(15)17/h6,17H,7-8,23H2,1-5H3. The summed E-state index contributed by atoms with van der Waals surface area (Å²) < 4.78 is 5.69. The number of allylic oxidation sites excluding steroid dienone is 3. The van der Waals surface area contributed by atoms with E-state index < -0.39 is 10.8 Å². The normalized spacial score (nSPS) is 21.1. The van der Waals surface area contributed by atoms with Crippen molar-refractivity contribution >= 4 is 11.5 Å². The molecule has 2 aliphatic rings. The summed E-state index contributed by atoms with van der Waals surface area (Å²) >= 11 is 0. The number of rotatable bonds is 2. The number of benzene rings is 1. The lowest BCUT2D eigenvalue weighted by molar-refractivity contribution is -0.386. The first-order valence-electron chi connectivity index (χ1n) is 9.07. The molecule has 1 aromatic carbocycles. The van der Waals surface area contributed by atoms with Crippen molar-refractivity contribution in [3.05, 3.63) is 61.2 Å². The van der Waals surface area contributed by atoms with Crippen molar-refractivity contribution in [2.24, 2.45) is 11.1 Å². The summed E-state index contributed by atoms with van der Waals surface area (Å²) in [6, 6.07) is 3.79. The Morgan fingerprint density at radius 1 is 1.29 bits per heavy atom. The van der Waals surface area contributed by atoms with Gasteiger partial charge in [0.05, 0.1) is 10.8 Å². The van der Waals surface area contributed by atoms with Gasteiger partial charge in [-0.3, -0.25) is 14.9 Å². The van der Waals surface area contributed by atoms with Crippen LogP contribution in [0.4, 0.5) is 5.69 Å². The largest absolute Gasteiger partial charge is 0.444 e. The molecule has 1 heterocycles. The molecule has 146 valence electrons. The van der Waals surface area contributed by atoms with Gasteiger partial charge in [0.1, 0.15) is 17.4 Å². The second-order valence-electron chi connectivity index (χ2n) is 8.36. The predicted molar refractivity (Wildman–Crippen MR) is 103 cm³/mol. The number of nitro groups is 1. The molecule has 7 heteroatoms. The third-order valence-corrected chi connectivity index (χ3v) is 5.54. The number of Topliss-reactive ketones (excluding diaryl/α,β-unsaturated/α-hetero) is 1. The zero-order chi connectivity index (χ0) is 21.0. The van der Waals surface area contributed by atoms with E-state index in [-0.39, 0.29) is 28.3 Å². The lowest BCUT2D eigenvalue weighted by Crippen LogP contribution is -2.34. The van der Waals surface area contributed by atoms with E-state index in [1.165, 1.54) is 0 Å². The van der Waals surface area contributed by atoms with Gasteiger partial charge in [-0.2, -0.15) is 5.26 Å². The minimum Gasteiger partial charge on any atom is -0.444 e. The Bertz CT molecular complexity index is 1030. The zero-order valence-electron chi connectivity index (χ0n) is 16.7. The number of ether oxygens (including phenoxy) is 1. The Morgan fingerprint density at radius 2 is 1.93 bits per heavy atom. The van der Waals surface area contributed by atoms with Gasteiger partial charge >= 0.3 is 0 Å². The highest BCUT2D eigenvalue weighted by molar-refractivity contribution is 6.00. The lowest BCUT2D eigenvalue weighted by Gasteiger charge is -2.37. The van der Waals surface area contributed by atoms with Gasteiger partial charge in [-0.15, -0.1) is 0 Å². The number of carbonyl (C=O) groups is 1. The molecule has 0 fully saturated rings. The third kappa shape index (κ3) is 2.95. The summed E-state index contributed by atoms with van der Waals surface area (Å²) in [6.07, 6.45) is 0.826. The molecule has 1 unspecified atom stereocenters. The first-order chi connectivity index (χ1) is 13.0. The number of nitrogens with two attached hydrogens (primary N) is 1. The smallest absolute Gasteiger partial charge is 0.275 e. The van der Waals surface area contributed by atoms with Crippen molar-refractivity contribution in [3.63, 3.8) is 0 Å². The maximum absolute atomic E-state index is 13.1. The number of hydrogen-bond acceptors (Lipinski definition) is 6. The molecule has 1 atom stereocenters. The Morgan fingerprint density at radius 3 is 2.50 bits per heavy atom. The molecule has 28 heavy (non-hydrogen) atoms. The Kier molecular flexibility index (Phi) is 4.54. The maximum Gasteiger partial charge on any atom is 0.275 e. The molecule has 1 aliphatic carbocycles. The van der Waals surface area contributed by atoms with Gasteiger partial charge in [0.2, 0.25) is 5.88 Å². The summed E-state index contributed by atoms with van der Waals surface area (Å²) in [5.74, 6) is -0.446. The van der Waals surface area contributed by atoms with Crippen LogP contribution in [0.2, 0.25) is 0 Å². The zero-order valence-corrected chi connectivity index (χ0v) is 16.7. The van der Waals surface area contributed by atoms with Crippen LogP contribution in [0.25, 0.3) is 0 Å². The fraction of sp³-hybridized carbons (Fsp3) is 0.429. The van der Waals surface area contributed by atoms with E-state index in [9.17, 15) is 20.2 Å². The van der Waals surface area contributed by atoms with Crippen molar-refractivity contribution < 1.29 is 14.5 Å². The van der Waals surface area contributed by atoms with Crippen LogP contribution in [0.15, 0.2) is 28.9 Å². The maximum atomic E-state index is 13.1. The quantitative estimate of drug-likeness (QED) is 0.611. The van der Waals surface area contributed by atoms with Crippen LogP contribution in [0.1, 0.15) is 54.9 Å². The van der Waals surface area contributed by atoms with E-state index in [4.69, 9.17) is 10.5 Å². The van der Waals surface area contributed by atoms with E-state index in [0.717, 1.165) is 5.56 Å². The van der Waals surface area contributed by atoms with E-state index in [2.05, 4.69) is 6.07 Å². The predicted octanol–water partition coefficient (Wildman–Crippen LogP) is 3.97. The molecular weight excluding hydrogens is 358 g/mol. The summed E-state index contributed by atoms with van der Waals surface area (Å²) in [6.45, 7) is 9.11. The Hall–Kier alpha value is -3.14. The molecule has 0 saturated heterocycles. The highest BCUT2D eigenvalue weighted by atomic mass is 16.6. The number of nitrogens with zero attached hydrogens (tertiary/aromatic N) is 2. The second-order valence-corrected chi connectivity index (χ2v) is 8.36. The minimum absolute atomic E-state index is 0.00584. The molecule has 0 saturated carbocycles. The van der Waals surface area contributed by atoms with E-state index in [1.807, 2.05) is 20.8 Å². The van der Waals surface area contributed by atoms with Gasteiger partial charge in [0.15, 0.2) is 5.78 Å².